The predicted octanol–water partition coefficient (Wildman–Crippen LogP) is 4.22. The van der Waals surface area contributed by atoms with E-state index in [1.807, 2.05) is 13.8 Å². The molecule has 0 aliphatic rings. The minimum Gasteiger partial charge on any atom is -0.456 e. The summed E-state index contributed by atoms with van der Waals surface area (Å²) in [6.45, 7) is 3.77. The number of carbonyl (C=O) groups excluding carboxylic acids is 1. The topological polar surface area (TPSA) is 113 Å². The molecule has 0 aliphatic heterocycles. The monoisotopic (exact) mass is 459 g/mol. The van der Waals surface area contributed by atoms with Gasteiger partial charge in [-0.1, -0.05) is 12.1 Å². The molecule has 4 rings (SSSR count). The van der Waals surface area contributed by atoms with Gasteiger partial charge in [0.2, 0.25) is 5.43 Å². The summed E-state index contributed by atoms with van der Waals surface area (Å²) in [6.07, 6.45) is 4.47. The minimum atomic E-state index is -0.510. The van der Waals surface area contributed by atoms with Crippen molar-refractivity contribution in [2.24, 2.45) is 0 Å². The highest BCUT2D eigenvalue weighted by molar-refractivity contribution is 5.96. The molecule has 0 saturated carbocycles. The van der Waals surface area contributed by atoms with Crippen LogP contribution in [0.1, 0.15) is 36.1 Å². The molecule has 0 fully saturated rings. The van der Waals surface area contributed by atoms with Gasteiger partial charge in [-0.25, -0.2) is 9.37 Å². The van der Waals surface area contributed by atoms with Crippen molar-refractivity contribution >= 4 is 11.6 Å². The van der Waals surface area contributed by atoms with E-state index in [1.54, 1.807) is 35.1 Å². The lowest BCUT2D eigenvalue weighted by Gasteiger charge is -2.13. The number of nitrogens with two attached hydrogens (primary N) is 1. The lowest BCUT2D eigenvalue weighted by Crippen LogP contribution is -2.25. The van der Waals surface area contributed by atoms with Gasteiger partial charge in [0.15, 0.2) is 11.5 Å². The lowest BCUT2D eigenvalue weighted by molar-refractivity contribution is 0.0983. The zero-order valence-electron chi connectivity index (χ0n) is 18.6. The van der Waals surface area contributed by atoms with E-state index in [1.165, 1.54) is 36.7 Å². The summed E-state index contributed by atoms with van der Waals surface area (Å²) in [5.74, 6) is 0.417. The summed E-state index contributed by atoms with van der Waals surface area (Å²) in [5, 5.41) is 4.26. The van der Waals surface area contributed by atoms with Crippen molar-refractivity contribution in [3.05, 3.63) is 94.5 Å². The molecule has 8 nitrogen and oxygen atoms in total. The molecule has 4 aromatic rings. The van der Waals surface area contributed by atoms with Crippen LogP contribution in [0, 0.1) is 5.82 Å². The second-order valence-electron chi connectivity index (χ2n) is 7.90. The zero-order valence-corrected chi connectivity index (χ0v) is 18.6. The van der Waals surface area contributed by atoms with Crippen LogP contribution in [0.3, 0.4) is 0 Å². The highest BCUT2D eigenvalue weighted by atomic mass is 19.1. The number of nitrogens with zero attached hydrogens (tertiary/aromatic N) is 4. The van der Waals surface area contributed by atoms with E-state index < -0.39 is 17.0 Å². The number of nitrogen functional groups attached to an aromatic ring is 1. The Labute approximate surface area is 194 Å². The zero-order chi connectivity index (χ0) is 24.2. The number of benzene rings is 1. The van der Waals surface area contributed by atoms with Gasteiger partial charge in [0, 0.05) is 35.8 Å². The largest absolute Gasteiger partial charge is 0.456 e. The molecular formula is C25H22FN5O3. The number of aromatic nitrogens is 4. The summed E-state index contributed by atoms with van der Waals surface area (Å²) >= 11 is 0. The normalized spacial score (nSPS) is 10.9. The van der Waals surface area contributed by atoms with Crippen LogP contribution in [0.25, 0.3) is 11.1 Å². The third-order valence-corrected chi connectivity index (χ3v) is 5.01. The molecule has 0 spiro atoms. The van der Waals surface area contributed by atoms with Crippen molar-refractivity contribution in [2.75, 3.05) is 5.73 Å². The van der Waals surface area contributed by atoms with Crippen molar-refractivity contribution in [1.82, 2.24) is 19.7 Å². The molecule has 0 saturated heterocycles. The van der Waals surface area contributed by atoms with E-state index in [9.17, 15) is 14.0 Å². The summed E-state index contributed by atoms with van der Waals surface area (Å²) < 4.78 is 20.6. The first kappa shape index (κ1) is 22.8. The maximum atomic E-state index is 13.4. The van der Waals surface area contributed by atoms with Gasteiger partial charge >= 0.3 is 0 Å². The smallest absolute Gasteiger partial charge is 0.219 e. The average molecular weight is 459 g/mol. The fraction of sp³-hybridized carbons (Fsp3) is 0.160. The molecule has 2 N–H and O–H groups in total. The minimum absolute atomic E-state index is 0.0943. The Hall–Kier alpha value is -4.40. The van der Waals surface area contributed by atoms with Crippen molar-refractivity contribution in [3.63, 3.8) is 0 Å². The van der Waals surface area contributed by atoms with Gasteiger partial charge in [-0.2, -0.15) is 5.10 Å². The lowest BCUT2D eigenvalue weighted by atomic mass is 10.0. The Bertz CT molecular complexity index is 1380. The van der Waals surface area contributed by atoms with Crippen LogP contribution in [0.2, 0.25) is 0 Å². The Kier molecular flexibility index (Phi) is 6.44. The van der Waals surface area contributed by atoms with Crippen molar-refractivity contribution < 1.29 is 13.9 Å². The van der Waals surface area contributed by atoms with Crippen LogP contribution in [0.15, 0.2) is 71.9 Å². The number of pyridine rings is 2. The summed E-state index contributed by atoms with van der Waals surface area (Å²) in [4.78, 5) is 34.3. The van der Waals surface area contributed by atoms with Gasteiger partial charge in [0.1, 0.15) is 23.1 Å². The molecule has 0 bridgehead atoms. The molecule has 0 unspecified atom stereocenters. The number of ketones is 1. The highest BCUT2D eigenvalue weighted by Gasteiger charge is 2.20. The van der Waals surface area contributed by atoms with Gasteiger partial charge in [-0.15, -0.1) is 0 Å². The molecule has 0 amide bonds. The molecule has 34 heavy (non-hydrogen) atoms. The maximum Gasteiger partial charge on any atom is 0.219 e. The second kappa shape index (κ2) is 9.62. The molecule has 3 aromatic heterocycles. The van der Waals surface area contributed by atoms with Crippen LogP contribution < -0.4 is 15.9 Å². The van der Waals surface area contributed by atoms with E-state index in [0.29, 0.717) is 28.6 Å². The van der Waals surface area contributed by atoms with E-state index in [-0.39, 0.29) is 23.7 Å². The molecule has 172 valence electrons. The highest BCUT2D eigenvalue weighted by Crippen LogP contribution is 2.22. The third-order valence-electron chi connectivity index (χ3n) is 5.01. The van der Waals surface area contributed by atoms with Crippen molar-refractivity contribution in [3.8, 4) is 22.6 Å². The Morgan fingerprint density at radius 1 is 1.09 bits per heavy atom. The van der Waals surface area contributed by atoms with E-state index >= 15 is 0 Å². The molecule has 0 aliphatic carbocycles. The Morgan fingerprint density at radius 3 is 2.50 bits per heavy atom. The third kappa shape index (κ3) is 5.15. The van der Waals surface area contributed by atoms with Crippen molar-refractivity contribution in [2.45, 2.75) is 26.3 Å². The molecular weight excluding hydrogens is 437 g/mol. The van der Waals surface area contributed by atoms with E-state index in [4.69, 9.17) is 10.5 Å². The van der Waals surface area contributed by atoms with Gasteiger partial charge < -0.3 is 10.5 Å². The van der Waals surface area contributed by atoms with E-state index in [2.05, 4.69) is 15.1 Å². The van der Waals surface area contributed by atoms with Crippen LogP contribution in [0.4, 0.5) is 10.2 Å². The number of Topliss-reactive ketones (excluding diaryl/α,β-unsaturated/α-hetero) is 1. The molecule has 3 heterocycles. The number of hydrogen-bond donors (Lipinski definition) is 1. The summed E-state index contributed by atoms with van der Waals surface area (Å²) in [5.41, 5.74) is 6.19. The fourth-order valence-electron chi connectivity index (χ4n) is 3.24. The maximum absolute atomic E-state index is 13.4. The molecule has 0 radical (unpaired) electrons. The van der Waals surface area contributed by atoms with Crippen LogP contribution in [-0.2, 0) is 6.42 Å². The quantitative estimate of drug-likeness (QED) is 0.412. The number of ether oxygens (including phenoxy) is 1. The average Bonchev–Trinajstić information content (AvgIpc) is 2.81. The number of halogens is 1. The molecule has 9 heteroatoms. The predicted molar refractivity (Wildman–Crippen MR) is 125 cm³/mol. The van der Waals surface area contributed by atoms with Gasteiger partial charge in [-0.3, -0.25) is 19.3 Å². The first-order chi connectivity index (χ1) is 16.3. The fourth-order valence-corrected chi connectivity index (χ4v) is 3.24. The standard InChI is InChI=1S/C25H22FN5O3/c1-15(2)31-14-21(16-3-5-17(26)6-4-16)25(33)24(30-31)22(32)11-18-7-8-20(13-29-18)34-19-9-10-28-23(27)12-19/h3-10,12-15H,11H2,1-2H3,(H2,27,28). The van der Waals surface area contributed by atoms with E-state index in [0.717, 1.165) is 0 Å². The number of hydrogen-bond acceptors (Lipinski definition) is 7. The Balaban J connectivity index is 1.59. The molecule has 0 atom stereocenters. The van der Waals surface area contributed by atoms with Crippen LogP contribution >= 0.6 is 0 Å². The number of anilines is 1. The molecule has 1 aromatic carbocycles. The SMILES string of the molecule is CC(C)n1cc(-c2ccc(F)cc2)c(=O)c(C(=O)Cc2ccc(Oc3ccnc(N)c3)cn2)n1. The van der Waals surface area contributed by atoms with Crippen LogP contribution in [-0.4, -0.2) is 25.5 Å². The van der Waals surface area contributed by atoms with Gasteiger partial charge in [0.25, 0.3) is 0 Å². The summed E-state index contributed by atoms with van der Waals surface area (Å²) in [7, 11) is 0. The Morgan fingerprint density at radius 2 is 1.85 bits per heavy atom. The van der Waals surface area contributed by atoms with Crippen molar-refractivity contribution in [1.29, 1.82) is 0 Å². The number of carbonyl (C=O) groups is 1. The van der Waals surface area contributed by atoms with Crippen LogP contribution in [0.5, 0.6) is 11.5 Å². The second-order valence-corrected chi connectivity index (χ2v) is 7.90. The number of rotatable bonds is 7. The first-order valence-electron chi connectivity index (χ1n) is 10.6. The van der Waals surface area contributed by atoms with Gasteiger partial charge in [0.05, 0.1) is 12.6 Å². The summed E-state index contributed by atoms with van der Waals surface area (Å²) in [6, 6.07) is 12.0. The van der Waals surface area contributed by atoms with Gasteiger partial charge in [-0.05, 0) is 49.7 Å². The first-order valence-corrected chi connectivity index (χ1v) is 10.6.